The summed E-state index contributed by atoms with van der Waals surface area (Å²) in [5.74, 6) is -1.93. The number of rotatable bonds is 3. The number of hydrogen-bond acceptors (Lipinski definition) is 5. The van der Waals surface area contributed by atoms with Crippen LogP contribution in [0.25, 0.3) is 6.08 Å². The van der Waals surface area contributed by atoms with Gasteiger partial charge in [-0.1, -0.05) is 12.1 Å². The number of hydrogen-bond donors (Lipinski definition) is 0. The molecule has 0 spiro atoms. The highest BCUT2D eigenvalue weighted by molar-refractivity contribution is 6.18. The molecule has 5 heteroatoms. The number of benzene rings is 1. The lowest BCUT2D eigenvalue weighted by atomic mass is 10.1. The van der Waals surface area contributed by atoms with Crippen LogP contribution in [-0.4, -0.2) is 24.3 Å². The van der Waals surface area contributed by atoms with Gasteiger partial charge in [-0.15, -0.1) is 0 Å². The standard InChI is InChI=1S/C15H16O5/c1-4-18-11-7-5-6-10(8-11)9-12-13(16)19-15(2,3)20-14(12)17/h5-9H,4H2,1-3H3. The van der Waals surface area contributed by atoms with Crippen LogP contribution in [0.2, 0.25) is 0 Å². The maximum atomic E-state index is 11.8. The molecule has 1 saturated heterocycles. The van der Waals surface area contributed by atoms with E-state index in [0.29, 0.717) is 17.9 Å². The Labute approximate surface area is 117 Å². The molecule has 1 aliphatic rings. The molecule has 0 saturated carbocycles. The van der Waals surface area contributed by atoms with Crippen molar-refractivity contribution in [2.24, 2.45) is 0 Å². The van der Waals surface area contributed by atoms with E-state index >= 15 is 0 Å². The molecule has 0 unspecified atom stereocenters. The molecule has 5 nitrogen and oxygen atoms in total. The predicted octanol–water partition coefficient (Wildman–Crippen LogP) is 2.30. The highest BCUT2D eigenvalue weighted by Gasteiger charge is 2.38. The summed E-state index contributed by atoms with van der Waals surface area (Å²) < 4.78 is 15.4. The van der Waals surface area contributed by atoms with Crippen molar-refractivity contribution in [3.63, 3.8) is 0 Å². The van der Waals surface area contributed by atoms with Crippen molar-refractivity contribution in [3.8, 4) is 5.75 Å². The third-order valence-corrected chi connectivity index (χ3v) is 2.60. The Balaban J connectivity index is 2.28. The highest BCUT2D eigenvalue weighted by atomic mass is 16.7. The largest absolute Gasteiger partial charge is 0.494 e. The van der Waals surface area contributed by atoms with Gasteiger partial charge in [-0.05, 0) is 30.7 Å². The molecule has 1 fully saturated rings. The van der Waals surface area contributed by atoms with Gasteiger partial charge in [0.05, 0.1) is 6.61 Å². The number of esters is 2. The summed E-state index contributed by atoms with van der Waals surface area (Å²) >= 11 is 0. The molecule has 2 rings (SSSR count). The first-order valence-corrected chi connectivity index (χ1v) is 6.32. The lowest BCUT2D eigenvalue weighted by Crippen LogP contribution is -2.41. The summed E-state index contributed by atoms with van der Waals surface area (Å²) in [6.45, 7) is 5.44. The van der Waals surface area contributed by atoms with Crippen molar-refractivity contribution in [3.05, 3.63) is 35.4 Å². The van der Waals surface area contributed by atoms with Gasteiger partial charge in [0.15, 0.2) is 0 Å². The number of carbonyl (C=O) groups excluding carboxylic acids is 2. The topological polar surface area (TPSA) is 61.8 Å². The molecule has 20 heavy (non-hydrogen) atoms. The smallest absolute Gasteiger partial charge is 0.348 e. The van der Waals surface area contributed by atoms with E-state index in [1.807, 2.05) is 6.92 Å². The summed E-state index contributed by atoms with van der Waals surface area (Å²) in [5.41, 5.74) is 0.539. The van der Waals surface area contributed by atoms with Crippen LogP contribution in [0.1, 0.15) is 26.3 Å². The second-order valence-electron chi connectivity index (χ2n) is 4.74. The van der Waals surface area contributed by atoms with E-state index in [0.717, 1.165) is 0 Å². The molecule has 0 bridgehead atoms. The molecule has 106 valence electrons. The van der Waals surface area contributed by atoms with Gasteiger partial charge in [-0.3, -0.25) is 0 Å². The minimum absolute atomic E-state index is 0.127. The van der Waals surface area contributed by atoms with Crippen LogP contribution in [-0.2, 0) is 19.1 Å². The fraction of sp³-hybridized carbons (Fsp3) is 0.333. The average molecular weight is 276 g/mol. The van der Waals surface area contributed by atoms with Crippen LogP contribution in [0.3, 0.4) is 0 Å². The van der Waals surface area contributed by atoms with Gasteiger partial charge >= 0.3 is 11.9 Å². The highest BCUT2D eigenvalue weighted by Crippen LogP contribution is 2.25. The zero-order valence-electron chi connectivity index (χ0n) is 11.6. The summed E-state index contributed by atoms with van der Waals surface area (Å²) in [7, 11) is 0. The third kappa shape index (κ3) is 3.17. The first-order chi connectivity index (χ1) is 9.41. The van der Waals surface area contributed by atoms with Gasteiger partial charge in [0.2, 0.25) is 0 Å². The lowest BCUT2D eigenvalue weighted by molar-refractivity contribution is -0.222. The Morgan fingerprint density at radius 3 is 2.45 bits per heavy atom. The first kappa shape index (κ1) is 14.1. The van der Waals surface area contributed by atoms with Gasteiger partial charge in [-0.2, -0.15) is 0 Å². The van der Waals surface area contributed by atoms with Crippen molar-refractivity contribution in [1.82, 2.24) is 0 Å². The monoisotopic (exact) mass is 276 g/mol. The lowest BCUT2D eigenvalue weighted by Gasteiger charge is -2.29. The first-order valence-electron chi connectivity index (χ1n) is 6.32. The molecule has 0 atom stereocenters. The van der Waals surface area contributed by atoms with Gasteiger partial charge in [-0.25, -0.2) is 9.59 Å². The Kier molecular flexibility index (Phi) is 3.79. The number of carbonyl (C=O) groups is 2. The molecular formula is C15H16O5. The van der Waals surface area contributed by atoms with Crippen molar-refractivity contribution in [2.75, 3.05) is 6.61 Å². The van der Waals surface area contributed by atoms with Crippen LogP contribution in [0.15, 0.2) is 29.8 Å². The zero-order valence-corrected chi connectivity index (χ0v) is 11.6. The zero-order chi connectivity index (χ0) is 14.8. The normalized spacial score (nSPS) is 17.2. The minimum Gasteiger partial charge on any atom is -0.494 e. The summed E-state index contributed by atoms with van der Waals surface area (Å²) in [4.78, 5) is 23.6. The van der Waals surface area contributed by atoms with Crippen LogP contribution < -0.4 is 4.74 Å². The van der Waals surface area contributed by atoms with Crippen molar-refractivity contribution in [2.45, 2.75) is 26.6 Å². The third-order valence-electron chi connectivity index (χ3n) is 2.60. The van der Waals surface area contributed by atoms with Crippen LogP contribution in [0.5, 0.6) is 5.75 Å². The maximum absolute atomic E-state index is 11.8. The van der Waals surface area contributed by atoms with E-state index in [9.17, 15) is 9.59 Å². The van der Waals surface area contributed by atoms with Gasteiger partial charge in [0, 0.05) is 13.8 Å². The molecule has 0 aliphatic carbocycles. The van der Waals surface area contributed by atoms with Gasteiger partial charge < -0.3 is 14.2 Å². The van der Waals surface area contributed by atoms with E-state index in [4.69, 9.17) is 14.2 Å². The molecule has 0 aromatic heterocycles. The van der Waals surface area contributed by atoms with E-state index < -0.39 is 17.7 Å². The Morgan fingerprint density at radius 2 is 1.85 bits per heavy atom. The van der Waals surface area contributed by atoms with Crippen LogP contribution >= 0.6 is 0 Å². The SMILES string of the molecule is CCOc1cccc(C=C2C(=O)OC(C)(C)OC2=O)c1. The quantitative estimate of drug-likeness (QED) is 0.481. The van der Waals surface area contributed by atoms with E-state index in [2.05, 4.69) is 0 Å². The Bertz CT molecular complexity index is 549. The van der Waals surface area contributed by atoms with Crippen LogP contribution in [0, 0.1) is 0 Å². The molecule has 1 aromatic rings. The van der Waals surface area contributed by atoms with Crippen molar-refractivity contribution >= 4 is 18.0 Å². The van der Waals surface area contributed by atoms with Gasteiger partial charge in [0.25, 0.3) is 5.79 Å². The second-order valence-corrected chi connectivity index (χ2v) is 4.74. The molecule has 0 radical (unpaired) electrons. The van der Waals surface area contributed by atoms with Crippen LogP contribution in [0.4, 0.5) is 0 Å². The molecule has 0 amide bonds. The van der Waals surface area contributed by atoms with E-state index in [1.165, 1.54) is 19.9 Å². The average Bonchev–Trinajstić information content (AvgIpc) is 2.34. The molecule has 1 aromatic carbocycles. The summed E-state index contributed by atoms with van der Waals surface area (Å²) in [5, 5.41) is 0. The minimum atomic E-state index is -1.22. The summed E-state index contributed by atoms with van der Waals surface area (Å²) in [6.07, 6.45) is 1.43. The molecular weight excluding hydrogens is 260 g/mol. The molecule has 0 N–H and O–H groups in total. The molecule has 1 heterocycles. The van der Waals surface area contributed by atoms with E-state index in [-0.39, 0.29) is 5.57 Å². The summed E-state index contributed by atoms with van der Waals surface area (Å²) in [6, 6.07) is 7.07. The predicted molar refractivity (Wildman–Crippen MR) is 71.9 cm³/mol. The Hall–Kier alpha value is -2.30. The maximum Gasteiger partial charge on any atom is 0.348 e. The van der Waals surface area contributed by atoms with Crippen molar-refractivity contribution in [1.29, 1.82) is 0 Å². The Morgan fingerprint density at radius 1 is 1.20 bits per heavy atom. The second kappa shape index (κ2) is 5.36. The van der Waals surface area contributed by atoms with Crippen molar-refractivity contribution < 1.29 is 23.8 Å². The van der Waals surface area contributed by atoms with Gasteiger partial charge in [0.1, 0.15) is 11.3 Å². The fourth-order valence-corrected chi connectivity index (χ4v) is 1.81. The molecule has 1 aliphatic heterocycles. The van der Waals surface area contributed by atoms with E-state index in [1.54, 1.807) is 24.3 Å². The number of ether oxygens (including phenoxy) is 3. The fourth-order valence-electron chi connectivity index (χ4n) is 1.81. The number of cyclic esters (lactones) is 2.